The van der Waals surface area contributed by atoms with Crippen LogP contribution >= 0.6 is 0 Å². The van der Waals surface area contributed by atoms with Crippen LogP contribution < -0.4 is 0 Å². The number of carbonyl (C=O) groups is 1. The fourth-order valence-corrected chi connectivity index (χ4v) is 3.60. The minimum Gasteiger partial charge on any atom is -0.380 e. The Bertz CT molecular complexity index is 918. The third-order valence-electron chi connectivity index (χ3n) is 3.99. The van der Waals surface area contributed by atoms with Gasteiger partial charge in [-0.3, -0.25) is 4.79 Å². The van der Waals surface area contributed by atoms with Crippen molar-refractivity contribution in [2.45, 2.75) is 23.9 Å². The molecule has 0 atom stereocenters. The highest BCUT2D eigenvalue weighted by Crippen LogP contribution is 2.40. The number of Topliss-reactive ketones (excluding diaryl/α,β-unsaturated/α-hetero) is 1. The van der Waals surface area contributed by atoms with Gasteiger partial charge in [-0.1, -0.05) is 0 Å². The number of ketones is 1. The fraction of sp³-hybridized carbons (Fsp3) is 0.412. The smallest absolute Gasteiger partial charge is 0.380 e. The zero-order chi connectivity index (χ0) is 19.9. The summed E-state index contributed by atoms with van der Waals surface area (Å²) >= 11 is 0. The van der Waals surface area contributed by atoms with Gasteiger partial charge in [-0.2, -0.15) is 18.4 Å². The number of benzene rings is 1. The maximum absolute atomic E-state index is 12.9. The molecular formula is C17H17F3N2O3S. The lowest BCUT2D eigenvalue weighted by Crippen LogP contribution is -2.20. The average Bonchev–Trinajstić information content (AvgIpc) is 3.33. The van der Waals surface area contributed by atoms with Crippen LogP contribution in [0, 0.1) is 17.2 Å². The van der Waals surface area contributed by atoms with Gasteiger partial charge in [0.05, 0.1) is 10.5 Å². The van der Waals surface area contributed by atoms with E-state index in [2.05, 4.69) is 0 Å². The second kappa shape index (κ2) is 6.76. The number of nitriles is 1. The summed E-state index contributed by atoms with van der Waals surface area (Å²) in [5.74, 6) is -0.878. The summed E-state index contributed by atoms with van der Waals surface area (Å²) in [4.78, 5) is 13.7. The first-order valence-electron chi connectivity index (χ1n) is 7.65. The van der Waals surface area contributed by atoms with Crippen molar-refractivity contribution in [3.63, 3.8) is 0 Å². The molecule has 1 aliphatic carbocycles. The van der Waals surface area contributed by atoms with Gasteiger partial charge >= 0.3 is 6.18 Å². The molecule has 2 rings (SSSR count). The van der Waals surface area contributed by atoms with E-state index in [0.717, 1.165) is 25.2 Å². The number of allylic oxidation sites excluding steroid dienone is 2. The molecule has 0 bridgehead atoms. The first-order valence-corrected chi connectivity index (χ1v) is 9.54. The number of hydrogen-bond acceptors (Lipinski definition) is 5. The molecule has 0 aliphatic heterocycles. The molecule has 0 amide bonds. The minimum absolute atomic E-state index is 0.0136. The molecule has 1 aromatic carbocycles. The first kappa shape index (κ1) is 20.0. The molecule has 0 saturated heterocycles. The van der Waals surface area contributed by atoms with Crippen molar-refractivity contribution in [2.75, 3.05) is 20.4 Å². The molecule has 0 radical (unpaired) electrons. The van der Waals surface area contributed by atoms with E-state index < -0.39 is 37.8 Å². The highest BCUT2D eigenvalue weighted by atomic mass is 32.2. The van der Waals surface area contributed by atoms with Crippen LogP contribution in [0.2, 0.25) is 0 Å². The number of carbonyl (C=O) groups excluding carboxylic acids is 1. The van der Waals surface area contributed by atoms with Crippen molar-refractivity contribution in [2.24, 2.45) is 5.92 Å². The SMILES string of the molecule is CN(C)/C(=C(/C#N)C(=O)c1ccc(C(F)(F)F)cc1S(C)(=O)=O)C1CC1. The Morgan fingerprint density at radius 1 is 1.27 bits per heavy atom. The second-order valence-electron chi connectivity index (χ2n) is 6.35. The van der Waals surface area contributed by atoms with E-state index in [4.69, 9.17) is 0 Å². The Morgan fingerprint density at radius 3 is 2.23 bits per heavy atom. The zero-order valence-electron chi connectivity index (χ0n) is 14.4. The van der Waals surface area contributed by atoms with Crippen LogP contribution in [0.3, 0.4) is 0 Å². The van der Waals surface area contributed by atoms with Crippen molar-refractivity contribution < 1.29 is 26.4 Å². The maximum atomic E-state index is 12.9. The summed E-state index contributed by atoms with van der Waals surface area (Å²) in [7, 11) is -0.810. The second-order valence-corrected chi connectivity index (χ2v) is 8.33. The molecule has 26 heavy (non-hydrogen) atoms. The Labute approximate surface area is 149 Å². The van der Waals surface area contributed by atoms with Gasteiger partial charge in [0.1, 0.15) is 11.6 Å². The Morgan fingerprint density at radius 2 is 1.85 bits per heavy atom. The Kier molecular flexibility index (Phi) is 5.19. The monoisotopic (exact) mass is 386 g/mol. The number of rotatable bonds is 5. The van der Waals surface area contributed by atoms with Crippen LogP contribution in [-0.4, -0.2) is 39.5 Å². The van der Waals surface area contributed by atoms with Gasteiger partial charge in [0, 0.05) is 37.5 Å². The van der Waals surface area contributed by atoms with Crippen molar-refractivity contribution in [1.82, 2.24) is 4.90 Å². The summed E-state index contributed by atoms with van der Waals surface area (Å²) in [5, 5.41) is 9.45. The lowest BCUT2D eigenvalue weighted by atomic mass is 9.99. The normalized spacial score (nSPS) is 15.9. The fourth-order valence-electron chi connectivity index (χ4n) is 2.70. The topological polar surface area (TPSA) is 78.2 Å². The van der Waals surface area contributed by atoms with Gasteiger partial charge in [-0.25, -0.2) is 8.42 Å². The summed E-state index contributed by atoms with van der Waals surface area (Å²) in [6.07, 6.45) is -2.45. The molecule has 1 fully saturated rings. The predicted molar refractivity (Wildman–Crippen MR) is 87.9 cm³/mol. The van der Waals surface area contributed by atoms with Crippen LogP contribution in [0.5, 0.6) is 0 Å². The molecule has 1 aliphatic rings. The van der Waals surface area contributed by atoms with E-state index in [0.29, 0.717) is 17.8 Å². The van der Waals surface area contributed by atoms with Crippen LogP contribution in [0.25, 0.3) is 0 Å². The minimum atomic E-state index is -4.75. The largest absolute Gasteiger partial charge is 0.416 e. The number of hydrogen-bond donors (Lipinski definition) is 0. The molecule has 1 saturated carbocycles. The lowest BCUT2D eigenvalue weighted by Gasteiger charge is -2.19. The predicted octanol–water partition coefficient (Wildman–Crippen LogP) is 3.04. The van der Waals surface area contributed by atoms with Crippen molar-refractivity contribution in [3.05, 3.63) is 40.6 Å². The summed E-state index contributed by atoms with van der Waals surface area (Å²) in [6.45, 7) is 0. The van der Waals surface area contributed by atoms with E-state index in [1.165, 1.54) is 0 Å². The van der Waals surface area contributed by atoms with E-state index in [-0.39, 0.29) is 11.5 Å². The molecule has 0 aromatic heterocycles. The molecule has 9 heteroatoms. The summed E-state index contributed by atoms with van der Waals surface area (Å²) < 4.78 is 62.7. The summed E-state index contributed by atoms with van der Waals surface area (Å²) in [6, 6.07) is 3.69. The zero-order valence-corrected chi connectivity index (χ0v) is 15.2. The molecular weight excluding hydrogens is 369 g/mol. The number of alkyl halides is 3. The maximum Gasteiger partial charge on any atom is 0.416 e. The number of halogens is 3. The molecule has 1 aromatic rings. The highest BCUT2D eigenvalue weighted by molar-refractivity contribution is 7.90. The third-order valence-corrected chi connectivity index (χ3v) is 5.13. The van der Waals surface area contributed by atoms with Crippen LogP contribution in [0.4, 0.5) is 13.2 Å². The van der Waals surface area contributed by atoms with Gasteiger partial charge in [0.15, 0.2) is 9.84 Å². The number of nitrogens with zero attached hydrogens (tertiary/aromatic N) is 2. The van der Waals surface area contributed by atoms with Crippen LogP contribution in [-0.2, 0) is 16.0 Å². The first-order chi connectivity index (χ1) is 11.9. The summed E-state index contributed by atoms with van der Waals surface area (Å²) in [5.41, 5.74) is -1.39. The quantitative estimate of drug-likeness (QED) is 0.442. The van der Waals surface area contributed by atoms with Crippen LogP contribution in [0.1, 0.15) is 28.8 Å². The highest BCUT2D eigenvalue weighted by Gasteiger charge is 2.36. The molecule has 0 spiro atoms. The Balaban J connectivity index is 2.69. The molecule has 0 N–H and O–H groups in total. The van der Waals surface area contributed by atoms with E-state index in [1.807, 2.05) is 0 Å². The molecule has 5 nitrogen and oxygen atoms in total. The van der Waals surface area contributed by atoms with Crippen LogP contribution in [0.15, 0.2) is 34.4 Å². The van der Waals surface area contributed by atoms with E-state index >= 15 is 0 Å². The van der Waals surface area contributed by atoms with Crippen molar-refractivity contribution >= 4 is 15.6 Å². The molecule has 140 valence electrons. The van der Waals surface area contributed by atoms with Crippen molar-refractivity contribution in [1.29, 1.82) is 5.26 Å². The van der Waals surface area contributed by atoms with Gasteiger partial charge in [0.25, 0.3) is 0 Å². The van der Waals surface area contributed by atoms with Gasteiger partial charge in [-0.15, -0.1) is 0 Å². The molecule has 0 heterocycles. The van der Waals surface area contributed by atoms with Crippen molar-refractivity contribution in [3.8, 4) is 6.07 Å². The van der Waals surface area contributed by atoms with E-state index in [1.54, 1.807) is 25.1 Å². The number of sulfone groups is 1. The standard InChI is InChI=1S/C17H17F3N2O3S/c1-22(2)15(10-4-5-10)13(9-21)16(23)12-7-6-11(17(18,19)20)8-14(12)26(3,24)25/h6-8,10H,4-5H2,1-3H3/b15-13-. The Hall–Kier alpha value is -2.34. The molecule has 0 unspecified atom stereocenters. The van der Waals surface area contributed by atoms with Gasteiger partial charge < -0.3 is 4.90 Å². The third kappa shape index (κ3) is 4.07. The lowest BCUT2D eigenvalue weighted by molar-refractivity contribution is -0.137. The average molecular weight is 386 g/mol. The van der Waals surface area contributed by atoms with Gasteiger partial charge in [0.2, 0.25) is 5.78 Å². The van der Waals surface area contributed by atoms with E-state index in [9.17, 15) is 31.6 Å². The van der Waals surface area contributed by atoms with Gasteiger partial charge in [-0.05, 0) is 31.0 Å².